The highest BCUT2D eigenvalue weighted by molar-refractivity contribution is 9.10. The van der Waals surface area contributed by atoms with E-state index in [4.69, 9.17) is 0 Å². The van der Waals surface area contributed by atoms with Crippen molar-refractivity contribution in [2.45, 2.75) is 37.8 Å². The molecule has 1 saturated carbocycles. The molecule has 0 atom stereocenters. The van der Waals surface area contributed by atoms with Crippen LogP contribution in [0.2, 0.25) is 0 Å². The van der Waals surface area contributed by atoms with E-state index in [1.807, 2.05) is 18.3 Å². The van der Waals surface area contributed by atoms with E-state index in [2.05, 4.69) is 31.3 Å². The number of aliphatic hydroxyl groups is 1. The third kappa shape index (κ3) is 2.35. The zero-order valence-electron chi connectivity index (χ0n) is 9.88. The van der Waals surface area contributed by atoms with Gasteiger partial charge >= 0.3 is 0 Å². The normalized spacial score (nSPS) is 24.3. The molecule has 2 aromatic heterocycles. The minimum atomic E-state index is -0.133. The number of rotatable bonds is 2. The standard InChI is InChI=1S/C12H15BrN4O/c13-10-2-1-7-17-11(10)15-12(16-17)14-8-3-5-9(18)6-4-8/h1-2,7-9,18H,3-6H2,(H,14,16). The third-order valence-electron chi connectivity index (χ3n) is 3.34. The molecule has 5 nitrogen and oxygen atoms in total. The maximum atomic E-state index is 9.47. The van der Waals surface area contributed by atoms with Gasteiger partial charge in [0.2, 0.25) is 5.95 Å². The number of nitrogens with zero attached hydrogens (tertiary/aromatic N) is 3. The van der Waals surface area contributed by atoms with Gasteiger partial charge in [-0.05, 0) is 53.7 Å². The van der Waals surface area contributed by atoms with Crippen molar-refractivity contribution in [2.24, 2.45) is 0 Å². The minimum Gasteiger partial charge on any atom is -0.393 e. The van der Waals surface area contributed by atoms with Crippen molar-refractivity contribution in [1.29, 1.82) is 0 Å². The molecule has 1 aliphatic carbocycles. The van der Waals surface area contributed by atoms with Crippen LogP contribution < -0.4 is 5.32 Å². The third-order valence-corrected chi connectivity index (χ3v) is 3.96. The maximum absolute atomic E-state index is 9.47. The van der Waals surface area contributed by atoms with Crippen molar-refractivity contribution in [2.75, 3.05) is 5.32 Å². The average molecular weight is 311 g/mol. The summed E-state index contributed by atoms with van der Waals surface area (Å²) in [5.74, 6) is 0.656. The number of aromatic nitrogens is 3. The summed E-state index contributed by atoms with van der Waals surface area (Å²) in [6.45, 7) is 0. The molecule has 1 fully saturated rings. The number of hydrogen-bond donors (Lipinski definition) is 2. The van der Waals surface area contributed by atoms with Crippen LogP contribution in [-0.4, -0.2) is 31.9 Å². The Morgan fingerprint density at radius 3 is 2.83 bits per heavy atom. The fourth-order valence-electron chi connectivity index (χ4n) is 2.34. The SMILES string of the molecule is OC1CCC(Nc2nc3c(Br)cccn3n2)CC1. The highest BCUT2D eigenvalue weighted by atomic mass is 79.9. The van der Waals surface area contributed by atoms with E-state index in [-0.39, 0.29) is 6.10 Å². The molecule has 0 amide bonds. The van der Waals surface area contributed by atoms with Crippen LogP contribution in [0, 0.1) is 0 Å². The van der Waals surface area contributed by atoms with Crippen molar-refractivity contribution in [3.8, 4) is 0 Å². The van der Waals surface area contributed by atoms with Gasteiger partial charge in [-0.25, -0.2) is 4.52 Å². The topological polar surface area (TPSA) is 62.5 Å². The second kappa shape index (κ2) is 4.85. The van der Waals surface area contributed by atoms with Crippen LogP contribution >= 0.6 is 15.9 Å². The molecule has 0 spiro atoms. The summed E-state index contributed by atoms with van der Waals surface area (Å²) in [5.41, 5.74) is 0.816. The number of nitrogens with one attached hydrogen (secondary N) is 1. The van der Waals surface area contributed by atoms with Crippen LogP contribution in [0.4, 0.5) is 5.95 Å². The molecule has 6 heteroatoms. The number of hydrogen-bond acceptors (Lipinski definition) is 4. The fraction of sp³-hybridized carbons (Fsp3) is 0.500. The highest BCUT2D eigenvalue weighted by Gasteiger charge is 2.20. The predicted octanol–water partition coefficient (Wildman–Crippen LogP) is 2.21. The smallest absolute Gasteiger partial charge is 0.243 e. The van der Waals surface area contributed by atoms with E-state index in [1.165, 1.54) is 0 Å². The van der Waals surface area contributed by atoms with Gasteiger partial charge in [-0.2, -0.15) is 4.98 Å². The molecule has 0 unspecified atom stereocenters. The van der Waals surface area contributed by atoms with Crippen LogP contribution in [0.3, 0.4) is 0 Å². The Balaban J connectivity index is 1.77. The van der Waals surface area contributed by atoms with Gasteiger partial charge in [0.15, 0.2) is 5.65 Å². The molecule has 18 heavy (non-hydrogen) atoms. The highest BCUT2D eigenvalue weighted by Crippen LogP contribution is 2.22. The lowest BCUT2D eigenvalue weighted by molar-refractivity contribution is 0.126. The van der Waals surface area contributed by atoms with Crippen molar-refractivity contribution in [1.82, 2.24) is 14.6 Å². The number of fused-ring (bicyclic) bond motifs is 1. The second-order valence-corrected chi connectivity index (χ2v) is 5.56. The van der Waals surface area contributed by atoms with Crippen molar-refractivity contribution in [3.05, 3.63) is 22.8 Å². The molecule has 2 heterocycles. The summed E-state index contributed by atoms with van der Waals surface area (Å²) in [7, 11) is 0. The van der Waals surface area contributed by atoms with E-state index in [0.717, 1.165) is 35.8 Å². The molecule has 1 aliphatic rings. The van der Waals surface area contributed by atoms with E-state index in [9.17, 15) is 5.11 Å². The Hall–Kier alpha value is -1.14. The molecule has 3 rings (SSSR count). The first kappa shape index (κ1) is 11.9. The summed E-state index contributed by atoms with van der Waals surface area (Å²) in [5, 5.41) is 17.2. The van der Waals surface area contributed by atoms with Gasteiger partial charge in [-0.3, -0.25) is 0 Å². The van der Waals surface area contributed by atoms with E-state index in [1.54, 1.807) is 4.52 Å². The molecule has 0 aromatic carbocycles. The van der Waals surface area contributed by atoms with Crippen LogP contribution in [0.25, 0.3) is 5.65 Å². The monoisotopic (exact) mass is 310 g/mol. The van der Waals surface area contributed by atoms with Crippen LogP contribution in [0.15, 0.2) is 22.8 Å². The summed E-state index contributed by atoms with van der Waals surface area (Å²) in [6.07, 6.45) is 5.40. The average Bonchev–Trinajstić information content (AvgIpc) is 2.76. The molecule has 0 saturated heterocycles. The van der Waals surface area contributed by atoms with E-state index < -0.39 is 0 Å². The maximum Gasteiger partial charge on any atom is 0.243 e. The molecule has 96 valence electrons. The molecule has 0 radical (unpaired) electrons. The van der Waals surface area contributed by atoms with Crippen molar-refractivity contribution in [3.63, 3.8) is 0 Å². The van der Waals surface area contributed by atoms with Crippen molar-refractivity contribution >= 4 is 27.5 Å². The Kier molecular flexibility index (Phi) is 3.22. The predicted molar refractivity (Wildman–Crippen MR) is 72.6 cm³/mol. The van der Waals surface area contributed by atoms with Crippen LogP contribution in [0.1, 0.15) is 25.7 Å². The van der Waals surface area contributed by atoms with Gasteiger partial charge < -0.3 is 10.4 Å². The van der Waals surface area contributed by atoms with Gasteiger partial charge in [-0.1, -0.05) is 0 Å². The minimum absolute atomic E-state index is 0.133. The number of aliphatic hydroxyl groups excluding tert-OH is 1. The van der Waals surface area contributed by atoms with Gasteiger partial charge in [0.25, 0.3) is 0 Å². The Morgan fingerprint density at radius 2 is 2.11 bits per heavy atom. The first-order valence-electron chi connectivity index (χ1n) is 6.18. The zero-order valence-corrected chi connectivity index (χ0v) is 11.5. The Morgan fingerprint density at radius 1 is 1.33 bits per heavy atom. The molecule has 2 N–H and O–H groups in total. The van der Waals surface area contributed by atoms with Gasteiger partial charge in [0.05, 0.1) is 10.6 Å². The first-order chi connectivity index (χ1) is 8.72. The largest absolute Gasteiger partial charge is 0.393 e. The first-order valence-corrected chi connectivity index (χ1v) is 6.97. The Bertz CT molecular complexity index is 548. The van der Waals surface area contributed by atoms with Gasteiger partial charge in [-0.15, -0.1) is 5.10 Å². The second-order valence-electron chi connectivity index (χ2n) is 4.71. The van der Waals surface area contributed by atoms with E-state index >= 15 is 0 Å². The summed E-state index contributed by atoms with van der Waals surface area (Å²) >= 11 is 3.46. The van der Waals surface area contributed by atoms with E-state index in [0.29, 0.717) is 12.0 Å². The van der Waals surface area contributed by atoms with Crippen LogP contribution in [0.5, 0.6) is 0 Å². The Labute approximate surface area is 113 Å². The summed E-state index contributed by atoms with van der Waals surface area (Å²) in [4.78, 5) is 4.46. The number of anilines is 1. The van der Waals surface area contributed by atoms with Gasteiger partial charge in [0, 0.05) is 12.2 Å². The molecular weight excluding hydrogens is 296 g/mol. The zero-order chi connectivity index (χ0) is 12.5. The summed E-state index contributed by atoms with van der Waals surface area (Å²) in [6, 6.07) is 4.24. The molecular formula is C12H15BrN4O. The number of halogens is 1. The molecule has 2 aromatic rings. The quantitative estimate of drug-likeness (QED) is 0.892. The van der Waals surface area contributed by atoms with Crippen LogP contribution in [-0.2, 0) is 0 Å². The fourth-order valence-corrected chi connectivity index (χ4v) is 2.76. The number of pyridine rings is 1. The molecule has 0 aliphatic heterocycles. The summed E-state index contributed by atoms with van der Waals surface area (Å²) < 4.78 is 2.69. The lowest BCUT2D eigenvalue weighted by atomic mass is 9.93. The molecule has 0 bridgehead atoms. The lowest BCUT2D eigenvalue weighted by Crippen LogP contribution is -2.28. The van der Waals surface area contributed by atoms with Gasteiger partial charge in [0.1, 0.15) is 0 Å². The van der Waals surface area contributed by atoms with Crippen molar-refractivity contribution < 1.29 is 5.11 Å². The lowest BCUT2D eigenvalue weighted by Gasteiger charge is -2.25.